The number of carbonyl (C=O) groups excluding carboxylic acids is 1. The number of benzene rings is 1. The van der Waals surface area contributed by atoms with E-state index in [1.165, 1.54) is 0 Å². The topological polar surface area (TPSA) is 54.4 Å². The second kappa shape index (κ2) is 8.52. The van der Waals surface area contributed by atoms with Crippen molar-refractivity contribution in [2.24, 2.45) is 4.99 Å². The number of aliphatic imine (C=N–C) groups is 1. The Labute approximate surface area is 131 Å². The largest absolute Gasteiger partial charge is 0.305 e. The van der Waals surface area contributed by atoms with Crippen molar-refractivity contribution in [3.05, 3.63) is 59.8 Å². The summed E-state index contributed by atoms with van der Waals surface area (Å²) >= 11 is 0. The van der Waals surface area contributed by atoms with Gasteiger partial charge in [0.1, 0.15) is 5.69 Å². The summed E-state index contributed by atoms with van der Waals surface area (Å²) in [6, 6.07) is 9.06. The van der Waals surface area contributed by atoms with Gasteiger partial charge in [-0.1, -0.05) is 44.2 Å². The van der Waals surface area contributed by atoms with E-state index in [1.54, 1.807) is 30.5 Å². The lowest BCUT2D eigenvalue weighted by Crippen LogP contribution is -2.13. The third kappa shape index (κ3) is 4.12. The van der Waals surface area contributed by atoms with Gasteiger partial charge in [-0.15, -0.1) is 0 Å². The monoisotopic (exact) mass is 295 g/mol. The maximum Gasteiger partial charge on any atom is 0.256 e. The molecule has 114 valence electrons. The number of anilines is 1. The van der Waals surface area contributed by atoms with Crippen LogP contribution >= 0.6 is 0 Å². The van der Waals surface area contributed by atoms with Gasteiger partial charge in [-0.25, -0.2) is 4.98 Å². The number of carbonyl (C=O) groups is 1. The van der Waals surface area contributed by atoms with Crippen molar-refractivity contribution in [2.45, 2.75) is 20.8 Å². The van der Waals surface area contributed by atoms with Crippen LogP contribution in [0.1, 0.15) is 35.3 Å². The van der Waals surface area contributed by atoms with Crippen LogP contribution in [0.15, 0.2) is 48.1 Å². The standard InChI is InChI=1S/C16H15N3O.C2H6/c1-4-12-9-10-18-15(14(12)17-3)19-16(20)13-7-5-11(2)6-8-13;1-2/h4-10H,1,3H2,2H3,(H,18,19,20);1-2H3. The molecule has 22 heavy (non-hydrogen) atoms. The van der Waals surface area contributed by atoms with Gasteiger partial charge in [0, 0.05) is 17.3 Å². The fourth-order valence-corrected chi connectivity index (χ4v) is 1.78. The van der Waals surface area contributed by atoms with Gasteiger partial charge in [-0.3, -0.25) is 9.79 Å². The van der Waals surface area contributed by atoms with E-state index < -0.39 is 0 Å². The SMILES string of the molecule is C=Cc1ccnc(NC(=O)c2ccc(C)cc2)c1N=C.CC. The molecule has 1 heterocycles. The molecule has 2 aromatic rings. The Balaban J connectivity index is 0.00000116. The van der Waals surface area contributed by atoms with Gasteiger partial charge in [0.2, 0.25) is 0 Å². The lowest BCUT2D eigenvalue weighted by atomic mass is 10.1. The first-order valence-corrected chi connectivity index (χ1v) is 7.12. The highest BCUT2D eigenvalue weighted by Crippen LogP contribution is 2.27. The Bertz CT molecular complexity index is 661. The predicted molar refractivity (Wildman–Crippen MR) is 94.0 cm³/mol. The van der Waals surface area contributed by atoms with E-state index in [1.807, 2.05) is 32.9 Å². The molecule has 4 heteroatoms. The van der Waals surface area contributed by atoms with Crippen LogP contribution in [0.3, 0.4) is 0 Å². The molecule has 0 bridgehead atoms. The first-order valence-electron chi connectivity index (χ1n) is 7.12. The summed E-state index contributed by atoms with van der Waals surface area (Å²) < 4.78 is 0. The maximum absolute atomic E-state index is 12.2. The zero-order valence-electron chi connectivity index (χ0n) is 13.3. The fraction of sp³-hybridized carbons (Fsp3) is 0.167. The number of aryl methyl sites for hydroxylation is 1. The van der Waals surface area contributed by atoms with Crippen LogP contribution in [0.5, 0.6) is 0 Å². The van der Waals surface area contributed by atoms with E-state index in [4.69, 9.17) is 0 Å². The molecule has 0 fully saturated rings. The smallest absolute Gasteiger partial charge is 0.256 e. The summed E-state index contributed by atoms with van der Waals surface area (Å²) in [5.74, 6) is 0.145. The summed E-state index contributed by atoms with van der Waals surface area (Å²) in [5.41, 5.74) is 2.95. The third-order valence-electron chi connectivity index (χ3n) is 2.88. The normalized spacial score (nSPS) is 9.23. The van der Waals surface area contributed by atoms with Crippen LogP contribution in [0.4, 0.5) is 11.5 Å². The molecule has 1 amide bonds. The second-order valence-corrected chi connectivity index (χ2v) is 4.28. The number of hydrogen-bond donors (Lipinski definition) is 1. The molecule has 2 rings (SSSR count). The van der Waals surface area contributed by atoms with Gasteiger partial charge >= 0.3 is 0 Å². The Morgan fingerprint density at radius 3 is 2.41 bits per heavy atom. The molecule has 1 aromatic heterocycles. The van der Waals surface area contributed by atoms with Gasteiger partial charge in [-0.05, 0) is 31.8 Å². The van der Waals surface area contributed by atoms with Crippen LogP contribution < -0.4 is 5.32 Å². The molecule has 1 N–H and O–H groups in total. The Hall–Kier alpha value is -2.75. The minimum absolute atomic E-state index is 0.233. The zero-order valence-corrected chi connectivity index (χ0v) is 13.3. The Kier molecular flexibility index (Phi) is 6.70. The minimum atomic E-state index is -0.233. The van der Waals surface area contributed by atoms with Crippen molar-refractivity contribution in [1.82, 2.24) is 4.98 Å². The summed E-state index contributed by atoms with van der Waals surface area (Å²) in [6.45, 7) is 13.2. The molecule has 1 aromatic carbocycles. The van der Waals surface area contributed by atoms with E-state index in [2.05, 4.69) is 28.6 Å². The van der Waals surface area contributed by atoms with Crippen molar-refractivity contribution in [3.63, 3.8) is 0 Å². The fourth-order valence-electron chi connectivity index (χ4n) is 1.78. The average molecular weight is 295 g/mol. The Morgan fingerprint density at radius 1 is 1.23 bits per heavy atom. The molecule has 0 saturated carbocycles. The van der Waals surface area contributed by atoms with Crippen LogP contribution in [-0.2, 0) is 0 Å². The van der Waals surface area contributed by atoms with Crippen molar-refractivity contribution >= 4 is 30.2 Å². The van der Waals surface area contributed by atoms with Gasteiger partial charge in [0.15, 0.2) is 5.82 Å². The average Bonchev–Trinajstić information content (AvgIpc) is 2.57. The molecule has 4 nitrogen and oxygen atoms in total. The summed E-state index contributed by atoms with van der Waals surface area (Å²) in [6.07, 6.45) is 3.24. The summed E-state index contributed by atoms with van der Waals surface area (Å²) in [7, 11) is 0. The van der Waals surface area contributed by atoms with E-state index in [9.17, 15) is 4.79 Å². The van der Waals surface area contributed by atoms with Gasteiger partial charge in [0.05, 0.1) is 0 Å². The number of hydrogen-bond acceptors (Lipinski definition) is 3. The summed E-state index contributed by atoms with van der Waals surface area (Å²) in [5, 5.41) is 2.74. The van der Waals surface area contributed by atoms with E-state index in [-0.39, 0.29) is 5.91 Å². The first-order chi connectivity index (χ1) is 10.7. The quantitative estimate of drug-likeness (QED) is 0.835. The zero-order chi connectivity index (χ0) is 16.5. The van der Waals surface area contributed by atoms with E-state index >= 15 is 0 Å². The molecular weight excluding hydrogens is 274 g/mol. The van der Waals surface area contributed by atoms with Crippen molar-refractivity contribution in [3.8, 4) is 0 Å². The molecule has 0 radical (unpaired) electrons. The maximum atomic E-state index is 12.2. The molecular formula is C18H21N3O. The van der Waals surface area contributed by atoms with Crippen LogP contribution in [0, 0.1) is 6.92 Å². The van der Waals surface area contributed by atoms with Gasteiger partial charge in [-0.2, -0.15) is 0 Å². The molecule has 0 aliphatic heterocycles. The number of nitrogens with zero attached hydrogens (tertiary/aromatic N) is 2. The van der Waals surface area contributed by atoms with Crippen LogP contribution in [0.2, 0.25) is 0 Å². The minimum Gasteiger partial charge on any atom is -0.305 e. The lowest BCUT2D eigenvalue weighted by molar-refractivity contribution is 0.102. The first kappa shape index (κ1) is 17.3. The Morgan fingerprint density at radius 2 is 1.86 bits per heavy atom. The van der Waals surface area contributed by atoms with Crippen molar-refractivity contribution in [1.29, 1.82) is 0 Å². The molecule has 0 spiro atoms. The number of pyridine rings is 1. The van der Waals surface area contributed by atoms with E-state index in [0.29, 0.717) is 17.1 Å². The third-order valence-corrected chi connectivity index (χ3v) is 2.88. The van der Waals surface area contributed by atoms with Crippen LogP contribution in [0.25, 0.3) is 6.08 Å². The number of aromatic nitrogens is 1. The highest BCUT2D eigenvalue weighted by atomic mass is 16.1. The van der Waals surface area contributed by atoms with Crippen molar-refractivity contribution < 1.29 is 4.79 Å². The highest BCUT2D eigenvalue weighted by molar-refractivity contribution is 6.05. The highest BCUT2D eigenvalue weighted by Gasteiger charge is 2.11. The number of amides is 1. The molecule has 0 aliphatic rings. The van der Waals surface area contributed by atoms with Gasteiger partial charge < -0.3 is 5.32 Å². The summed E-state index contributed by atoms with van der Waals surface area (Å²) in [4.78, 5) is 20.2. The van der Waals surface area contributed by atoms with E-state index in [0.717, 1.165) is 11.1 Å². The lowest BCUT2D eigenvalue weighted by Gasteiger charge is -2.09. The van der Waals surface area contributed by atoms with Gasteiger partial charge in [0.25, 0.3) is 5.91 Å². The number of nitrogens with one attached hydrogen (secondary N) is 1. The second-order valence-electron chi connectivity index (χ2n) is 4.28. The van der Waals surface area contributed by atoms with Crippen LogP contribution in [-0.4, -0.2) is 17.6 Å². The predicted octanol–water partition coefficient (Wildman–Crippen LogP) is 4.64. The molecule has 0 atom stereocenters. The number of rotatable bonds is 4. The van der Waals surface area contributed by atoms with Crippen molar-refractivity contribution in [2.75, 3.05) is 5.32 Å². The molecule has 0 saturated heterocycles. The molecule has 0 aliphatic carbocycles. The molecule has 0 unspecified atom stereocenters.